The van der Waals surface area contributed by atoms with Gasteiger partial charge < -0.3 is 15.5 Å². The number of halogens is 1. The van der Waals surface area contributed by atoms with Crippen LogP contribution in [0.5, 0.6) is 0 Å². The number of carbonyl (C=O) groups excluding carboxylic acids is 2. The van der Waals surface area contributed by atoms with Crippen LogP contribution in [-0.2, 0) is 11.3 Å². The van der Waals surface area contributed by atoms with Gasteiger partial charge in [-0.2, -0.15) is 0 Å². The van der Waals surface area contributed by atoms with E-state index >= 15 is 0 Å². The van der Waals surface area contributed by atoms with E-state index in [0.717, 1.165) is 56.4 Å². The highest BCUT2D eigenvalue weighted by atomic mass is 35.5. The van der Waals surface area contributed by atoms with Crippen molar-refractivity contribution in [3.8, 4) is 0 Å². The molecule has 5 nitrogen and oxygen atoms in total. The molecule has 1 aromatic carbocycles. The first kappa shape index (κ1) is 21.7. The summed E-state index contributed by atoms with van der Waals surface area (Å²) in [6.45, 7) is 5.31. The van der Waals surface area contributed by atoms with Gasteiger partial charge in [-0.15, -0.1) is 12.4 Å². The molecule has 150 valence electrons. The van der Waals surface area contributed by atoms with Gasteiger partial charge >= 0.3 is 0 Å². The lowest BCUT2D eigenvalue weighted by molar-refractivity contribution is -0.124. The maximum atomic E-state index is 12.9. The smallest absolute Gasteiger partial charge is 0.254 e. The second kappa shape index (κ2) is 10.7. The molecule has 1 unspecified atom stereocenters. The molecule has 1 aromatic rings. The maximum Gasteiger partial charge on any atom is 0.254 e. The van der Waals surface area contributed by atoms with Crippen LogP contribution in [0.4, 0.5) is 0 Å². The Bertz CT molecular complexity index is 608. The number of amides is 2. The summed E-state index contributed by atoms with van der Waals surface area (Å²) < 4.78 is 0. The molecule has 2 N–H and O–H groups in total. The molecule has 2 aliphatic rings. The molecule has 0 aromatic heterocycles. The van der Waals surface area contributed by atoms with E-state index in [-0.39, 0.29) is 30.1 Å². The first-order chi connectivity index (χ1) is 12.7. The van der Waals surface area contributed by atoms with Crippen molar-refractivity contribution < 1.29 is 9.59 Å². The summed E-state index contributed by atoms with van der Waals surface area (Å²) in [5.41, 5.74) is 1.77. The molecule has 3 rings (SSSR count). The van der Waals surface area contributed by atoms with E-state index in [1.54, 1.807) is 0 Å². The third kappa shape index (κ3) is 5.69. The second-order valence-corrected chi connectivity index (χ2v) is 7.54. The number of hydrogen-bond donors (Lipinski definition) is 2. The third-order valence-electron chi connectivity index (χ3n) is 5.59. The average molecular weight is 394 g/mol. The number of benzene rings is 1. The van der Waals surface area contributed by atoms with Gasteiger partial charge in [0.05, 0.1) is 0 Å². The number of rotatable bonds is 7. The Labute approximate surface area is 168 Å². The van der Waals surface area contributed by atoms with Gasteiger partial charge in [-0.05, 0) is 49.9 Å². The van der Waals surface area contributed by atoms with Crippen molar-refractivity contribution in [2.24, 2.45) is 5.92 Å². The van der Waals surface area contributed by atoms with Crippen LogP contribution >= 0.6 is 12.4 Å². The normalized spacial score (nSPS) is 19.5. The molecule has 27 heavy (non-hydrogen) atoms. The largest absolute Gasteiger partial charge is 0.352 e. The average Bonchev–Trinajstić information content (AvgIpc) is 3.38. The van der Waals surface area contributed by atoms with E-state index in [0.29, 0.717) is 12.6 Å². The number of nitrogens with one attached hydrogen (secondary N) is 2. The lowest BCUT2D eigenvalue weighted by atomic mass is 10.1. The Kier molecular flexibility index (Phi) is 8.58. The van der Waals surface area contributed by atoms with Crippen LogP contribution < -0.4 is 10.6 Å². The minimum absolute atomic E-state index is 0. The van der Waals surface area contributed by atoms with E-state index < -0.39 is 0 Å². The van der Waals surface area contributed by atoms with Crippen molar-refractivity contribution in [2.45, 2.75) is 58.0 Å². The molecule has 1 atom stereocenters. The van der Waals surface area contributed by atoms with E-state index in [9.17, 15) is 9.59 Å². The van der Waals surface area contributed by atoms with E-state index in [1.165, 1.54) is 12.8 Å². The van der Waals surface area contributed by atoms with Gasteiger partial charge in [0.25, 0.3) is 5.91 Å². The molecule has 6 heteroatoms. The van der Waals surface area contributed by atoms with Crippen LogP contribution in [0.15, 0.2) is 24.3 Å². The molecule has 1 aliphatic heterocycles. The monoisotopic (exact) mass is 393 g/mol. The van der Waals surface area contributed by atoms with Gasteiger partial charge in [0.15, 0.2) is 0 Å². The van der Waals surface area contributed by atoms with Gasteiger partial charge in [0.1, 0.15) is 0 Å². The predicted molar refractivity (Wildman–Crippen MR) is 110 cm³/mol. The predicted octanol–water partition coefficient (Wildman–Crippen LogP) is 3.13. The summed E-state index contributed by atoms with van der Waals surface area (Å²) in [6.07, 6.45) is 6.36. The molecule has 1 heterocycles. The Morgan fingerprint density at radius 1 is 1.15 bits per heavy atom. The van der Waals surface area contributed by atoms with Crippen LogP contribution in [0.25, 0.3) is 0 Å². The van der Waals surface area contributed by atoms with Crippen LogP contribution in [0, 0.1) is 5.92 Å². The van der Waals surface area contributed by atoms with Crippen LogP contribution in [0.2, 0.25) is 0 Å². The highest BCUT2D eigenvalue weighted by Gasteiger charge is 2.26. The quantitative estimate of drug-likeness (QED) is 0.748. The SMILES string of the molecule is CCCN(C(=O)c1ccc(CNC(=O)C2CCCC2)cc1)C1CCNC1.Cl. The molecular formula is C21H32ClN3O2. The minimum Gasteiger partial charge on any atom is -0.352 e. The Morgan fingerprint density at radius 2 is 1.85 bits per heavy atom. The molecule has 1 saturated heterocycles. The summed E-state index contributed by atoms with van der Waals surface area (Å²) in [7, 11) is 0. The van der Waals surface area contributed by atoms with Crippen LogP contribution in [0.3, 0.4) is 0 Å². The van der Waals surface area contributed by atoms with E-state index in [2.05, 4.69) is 17.6 Å². The summed E-state index contributed by atoms with van der Waals surface area (Å²) in [6, 6.07) is 8.00. The topological polar surface area (TPSA) is 61.4 Å². The Morgan fingerprint density at radius 3 is 2.44 bits per heavy atom. The zero-order chi connectivity index (χ0) is 18.4. The van der Waals surface area contributed by atoms with Gasteiger partial charge in [0, 0.05) is 37.2 Å². The van der Waals surface area contributed by atoms with Crippen molar-refractivity contribution in [3.05, 3.63) is 35.4 Å². The number of nitrogens with zero attached hydrogens (tertiary/aromatic N) is 1. The van der Waals surface area contributed by atoms with Crippen molar-refractivity contribution in [2.75, 3.05) is 19.6 Å². The molecule has 0 spiro atoms. The summed E-state index contributed by atoms with van der Waals surface area (Å²) in [5, 5.41) is 6.38. The fraction of sp³-hybridized carbons (Fsp3) is 0.619. The lowest BCUT2D eigenvalue weighted by Gasteiger charge is -2.28. The van der Waals surface area contributed by atoms with Gasteiger partial charge in [-0.1, -0.05) is 31.9 Å². The fourth-order valence-electron chi connectivity index (χ4n) is 4.05. The zero-order valence-electron chi connectivity index (χ0n) is 16.2. The molecule has 2 amide bonds. The summed E-state index contributed by atoms with van der Waals surface area (Å²) in [5.74, 6) is 0.478. The fourth-order valence-corrected chi connectivity index (χ4v) is 4.05. The van der Waals surface area contributed by atoms with Gasteiger partial charge in [0.2, 0.25) is 5.91 Å². The first-order valence-corrected chi connectivity index (χ1v) is 10.1. The molecule has 2 fully saturated rings. The summed E-state index contributed by atoms with van der Waals surface area (Å²) >= 11 is 0. The standard InChI is InChI=1S/C21H31N3O2.ClH/c1-2-13-24(19-11-12-22-15-19)21(26)18-9-7-16(8-10-18)14-23-20(25)17-5-3-4-6-17;/h7-10,17,19,22H,2-6,11-15H2,1H3,(H,23,25);1H. The number of carbonyl (C=O) groups is 2. The van der Waals surface area contributed by atoms with Gasteiger partial charge in [-0.3, -0.25) is 9.59 Å². The van der Waals surface area contributed by atoms with E-state index in [4.69, 9.17) is 0 Å². The number of hydrogen-bond acceptors (Lipinski definition) is 3. The molecule has 1 saturated carbocycles. The maximum absolute atomic E-state index is 12.9. The molecule has 0 bridgehead atoms. The molecule has 0 radical (unpaired) electrons. The van der Waals surface area contributed by atoms with Crippen molar-refractivity contribution in [1.82, 2.24) is 15.5 Å². The third-order valence-corrected chi connectivity index (χ3v) is 5.59. The Hall–Kier alpha value is -1.59. The first-order valence-electron chi connectivity index (χ1n) is 10.1. The van der Waals surface area contributed by atoms with Crippen molar-refractivity contribution in [3.63, 3.8) is 0 Å². The van der Waals surface area contributed by atoms with Crippen molar-refractivity contribution >= 4 is 24.2 Å². The summed E-state index contributed by atoms with van der Waals surface area (Å²) in [4.78, 5) is 27.0. The van der Waals surface area contributed by atoms with E-state index in [1.807, 2.05) is 29.2 Å². The van der Waals surface area contributed by atoms with Gasteiger partial charge in [-0.25, -0.2) is 0 Å². The molecule has 1 aliphatic carbocycles. The van der Waals surface area contributed by atoms with Crippen molar-refractivity contribution in [1.29, 1.82) is 0 Å². The van der Waals surface area contributed by atoms with Crippen LogP contribution in [-0.4, -0.2) is 42.4 Å². The minimum atomic E-state index is 0. The zero-order valence-corrected chi connectivity index (χ0v) is 17.0. The van der Waals surface area contributed by atoms with Crippen LogP contribution in [0.1, 0.15) is 61.4 Å². The highest BCUT2D eigenvalue weighted by Crippen LogP contribution is 2.24. The molecular weight excluding hydrogens is 362 g/mol. The highest BCUT2D eigenvalue weighted by molar-refractivity contribution is 5.94. The lowest BCUT2D eigenvalue weighted by Crippen LogP contribution is -2.42. The second-order valence-electron chi connectivity index (χ2n) is 7.54. The Balaban J connectivity index is 0.00000261.